The Balaban J connectivity index is 2.22. The summed E-state index contributed by atoms with van der Waals surface area (Å²) in [6.45, 7) is 8.90. The molecule has 0 spiro atoms. The molecule has 0 saturated carbocycles. The SMILES string of the molecule is CCON1CN(OCC)C(c2ccccc2)N(OCC)C1. The standard InChI is InChI=1S/C15H25N3O3/c1-4-19-16-12-17(20-5-2)15(18(13-16)21-6-3)14-10-8-7-9-11-14/h7-11,15H,4-6,12-13H2,1-3H3. The minimum Gasteiger partial charge on any atom is -0.297 e. The van der Waals surface area contributed by atoms with Gasteiger partial charge in [-0.05, 0) is 26.3 Å². The van der Waals surface area contributed by atoms with Crippen LogP contribution < -0.4 is 0 Å². The molecule has 0 unspecified atom stereocenters. The molecule has 1 aliphatic rings. The third kappa shape index (κ3) is 4.23. The molecule has 0 aromatic heterocycles. The van der Waals surface area contributed by atoms with Crippen LogP contribution in [0.4, 0.5) is 0 Å². The zero-order chi connectivity index (χ0) is 15.1. The van der Waals surface area contributed by atoms with Crippen molar-refractivity contribution in [2.75, 3.05) is 33.2 Å². The summed E-state index contributed by atoms with van der Waals surface area (Å²) in [4.78, 5) is 17.2. The summed E-state index contributed by atoms with van der Waals surface area (Å²) in [7, 11) is 0. The van der Waals surface area contributed by atoms with Crippen LogP contribution in [0.5, 0.6) is 0 Å². The second-order valence-electron chi connectivity index (χ2n) is 4.64. The second kappa shape index (κ2) is 8.43. The maximum atomic E-state index is 5.79. The van der Waals surface area contributed by atoms with Gasteiger partial charge in [0.25, 0.3) is 0 Å². The van der Waals surface area contributed by atoms with E-state index in [4.69, 9.17) is 14.5 Å². The van der Waals surface area contributed by atoms with Crippen LogP contribution in [0.25, 0.3) is 0 Å². The van der Waals surface area contributed by atoms with E-state index in [0.29, 0.717) is 33.2 Å². The van der Waals surface area contributed by atoms with E-state index in [1.807, 2.05) is 54.2 Å². The van der Waals surface area contributed by atoms with Crippen LogP contribution in [0.3, 0.4) is 0 Å². The average molecular weight is 295 g/mol. The van der Waals surface area contributed by atoms with E-state index in [0.717, 1.165) is 5.56 Å². The van der Waals surface area contributed by atoms with Crippen LogP contribution in [0.15, 0.2) is 30.3 Å². The van der Waals surface area contributed by atoms with Crippen molar-refractivity contribution in [2.24, 2.45) is 0 Å². The van der Waals surface area contributed by atoms with E-state index in [-0.39, 0.29) is 6.17 Å². The molecule has 6 nitrogen and oxygen atoms in total. The quantitative estimate of drug-likeness (QED) is 0.769. The van der Waals surface area contributed by atoms with Crippen LogP contribution in [-0.2, 0) is 14.5 Å². The third-order valence-corrected chi connectivity index (χ3v) is 3.14. The molecule has 1 heterocycles. The molecule has 1 aliphatic heterocycles. The number of hydrogen-bond donors (Lipinski definition) is 0. The summed E-state index contributed by atoms with van der Waals surface area (Å²) in [6, 6.07) is 10.2. The van der Waals surface area contributed by atoms with Crippen molar-refractivity contribution in [3.05, 3.63) is 35.9 Å². The highest BCUT2D eigenvalue weighted by atomic mass is 16.8. The molecule has 21 heavy (non-hydrogen) atoms. The molecular formula is C15H25N3O3. The summed E-state index contributed by atoms with van der Waals surface area (Å²) in [5, 5.41) is 5.62. The van der Waals surface area contributed by atoms with E-state index in [1.54, 1.807) is 0 Å². The highest BCUT2D eigenvalue weighted by molar-refractivity contribution is 5.18. The Bertz CT molecular complexity index is 388. The Morgan fingerprint density at radius 3 is 1.86 bits per heavy atom. The lowest BCUT2D eigenvalue weighted by atomic mass is 10.1. The van der Waals surface area contributed by atoms with Gasteiger partial charge in [-0.1, -0.05) is 30.3 Å². The highest BCUT2D eigenvalue weighted by Crippen LogP contribution is 2.29. The second-order valence-corrected chi connectivity index (χ2v) is 4.64. The van der Waals surface area contributed by atoms with Gasteiger partial charge in [-0.15, -0.1) is 10.1 Å². The molecule has 0 bridgehead atoms. The van der Waals surface area contributed by atoms with Gasteiger partial charge in [0.15, 0.2) is 0 Å². The van der Waals surface area contributed by atoms with Crippen molar-refractivity contribution in [3.63, 3.8) is 0 Å². The topological polar surface area (TPSA) is 37.4 Å². The lowest BCUT2D eigenvalue weighted by molar-refractivity contribution is -0.394. The van der Waals surface area contributed by atoms with Gasteiger partial charge < -0.3 is 0 Å². The minimum absolute atomic E-state index is 0.0807. The molecule has 0 radical (unpaired) electrons. The third-order valence-electron chi connectivity index (χ3n) is 3.14. The van der Waals surface area contributed by atoms with E-state index in [1.165, 1.54) is 0 Å². The molecular weight excluding hydrogens is 270 g/mol. The van der Waals surface area contributed by atoms with E-state index in [2.05, 4.69) is 12.1 Å². The molecule has 0 N–H and O–H groups in total. The summed E-state index contributed by atoms with van der Waals surface area (Å²) >= 11 is 0. The molecule has 0 aliphatic carbocycles. The van der Waals surface area contributed by atoms with Crippen molar-refractivity contribution in [2.45, 2.75) is 26.9 Å². The molecule has 1 aromatic carbocycles. The Kier molecular flexibility index (Phi) is 6.56. The first kappa shape index (κ1) is 16.4. The maximum absolute atomic E-state index is 5.79. The molecule has 1 aromatic rings. The minimum atomic E-state index is -0.0807. The monoisotopic (exact) mass is 295 g/mol. The first-order valence-corrected chi connectivity index (χ1v) is 7.52. The predicted molar refractivity (Wildman–Crippen MR) is 79.3 cm³/mol. The van der Waals surface area contributed by atoms with Gasteiger partial charge in [0.1, 0.15) is 19.5 Å². The largest absolute Gasteiger partial charge is 0.297 e. The van der Waals surface area contributed by atoms with E-state index in [9.17, 15) is 0 Å². The molecule has 118 valence electrons. The molecule has 6 heteroatoms. The number of nitrogens with zero attached hydrogens (tertiary/aromatic N) is 3. The van der Waals surface area contributed by atoms with Gasteiger partial charge in [0.2, 0.25) is 0 Å². The van der Waals surface area contributed by atoms with Crippen LogP contribution in [0.1, 0.15) is 32.5 Å². The van der Waals surface area contributed by atoms with Crippen molar-refractivity contribution >= 4 is 0 Å². The molecule has 2 rings (SSSR count). The van der Waals surface area contributed by atoms with Crippen LogP contribution >= 0.6 is 0 Å². The fraction of sp³-hybridized carbons (Fsp3) is 0.600. The van der Waals surface area contributed by atoms with Gasteiger partial charge in [0.05, 0.1) is 19.8 Å². The highest BCUT2D eigenvalue weighted by Gasteiger charge is 2.36. The zero-order valence-electron chi connectivity index (χ0n) is 13.1. The van der Waals surface area contributed by atoms with Gasteiger partial charge in [-0.2, -0.15) is 5.06 Å². The number of benzene rings is 1. The lowest BCUT2D eigenvalue weighted by Gasteiger charge is -2.45. The Morgan fingerprint density at radius 1 is 0.857 bits per heavy atom. The molecule has 1 fully saturated rings. The van der Waals surface area contributed by atoms with Crippen molar-refractivity contribution in [1.29, 1.82) is 0 Å². The smallest absolute Gasteiger partial charge is 0.139 e. The molecule has 1 saturated heterocycles. The number of hydroxylamine groups is 6. The normalized spacial score (nSPS) is 19.2. The number of hydrogen-bond acceptors (Lipinski definition) is 6. The average Bonchev–Trinajstić information content (AvgIpc) is 2.49. The Morgan fingerprint density at radius 2 is 1.38 bits per heavy atom. The van der Waals surface area contributed by atoms with Crippen molar-refractivity contribution in [3.8, 4) is 0 Å². The fourth-order valence-corrected chi connectivity index (χ4v) is 2.43. The van der Waals surface area contributed by atoms with Gasteiger partial charge in [-0.25, -0.2) is 0 Å². The van der Waals surface area contributed by atoms with Gasteiger partial charge >= 0.3 is 0 Å². The molecule has 0 amide bonds. The summed E-state index contributed by atoms with van der Waals surface area (Å²) in [5.74, 6) is 0. The summed E-state index contributed by atoms with van der Waals surface area (Å²) in [5.41, 5.74) is 1.13. The van der Waals surface area contributed by atoms with Gasteiger partial charge in [-0.3, -0.25) is 14.5 Å². The Labute approximate surface area is 126 Å². The number of rotatable bonds is 7. The summed E-state index contributed by atoms with van der Waals surface area (Å²) in [6.07, 6.45) is -0.0807. The fourth-order valence-electron chi connectivity index (χ4n) is 2.43. The van der Waals surface area contributed by atoms with Crippen LogP contribution in [0, 0.1) is 0 Å². The maximum Gasteiger partial charge on any atom is 0.139 e. The van der Waals surface area contributed by atoms with Crippen molar-refractivity contribution < 1.29 is 14.5 Å². The van der Waals surface area contributed by atoms with Gasteiger partial charge in [0, 0.05) is 0 Å². The first-order chi connectivity index (χ1) is 10.3. The van der Waals surface area contributed by atoms with E-state index >= 15 is 0 Å². The Hall–Kier alpha value is -1.02. The summed E-state index contributed by atoms with van der Waals surface area (Å²) < 4.78 is 0. The van der Waals surface area contributed by atoms with Crippen molar-refractivity contribution in [1.82, 2.24) is 15.2 Å². The lowest BCUT2D eigenvalue weighted by Crippen LogP contribution is -2.56. The first-order valence-electron chi connectivity index (χ1n) is 7.52. The van der Waals surface area contributed by atoms with Crippen LogP contribution in [0.2, 0.25) is 0 Å². The van der Waals surface area contributed by atoms with Crippen LogP contribution in [-0.4, -0.2) is 48.3 Å². The predicted octanol–water partition coefficient (Wildman–Crippen LogP) is 2.37. The zero-order valence-corrected chi connectivity index (χ0v) is 13.1. The van der Waals surface area contributed by atoms with E-state index < -0.39 is 0 Å². The molecule has 0 atom stereocenters.